The van der Waals surface area contributed by atoms with E-state index in [1.54, 1.807) is 0 Å². The molecule has 3 atom stereocenters. The van der Waals surface area contributed by atoms with Crippen LogP contribution >= 0.6 is 0 Å². The van der Waals surface area contributed by atoms with Gasteiger partial charge in [-0.1, -0.05) is 19.8 Å². The molecule has 3 unspecified atom stereocenters. The fraction of sp³-hybridized carbons (Fsp3) is 0.938. The van der Waals surface area contributed by atoms with Crippen molar-refractivity contribution >= 4 is 5.97 Å². The number of rotatable bonds is 5. The first kappa shape index (κ1) is 14.8. The summed E-state index contributed by atoms with van der Waals surface area (Å²) < 4.78 is 5.41. The maximum absolute atomic E-state index is 11.4. The lowest BCUT2D eigenvalue weighted by Gasteiger charge is -2.36. The zero-order chi connectivity index (χ0) is 13.7. The molecule has 2 fully saturated rings. The number of aliphatic carboxylic acids is 1. The van der Waals surface area contributed by atoms with Crippen molar-refractivity contribution in [1.29, 1.82) is 0 Å². The van der Waals surface area contributed by atoms with Crippen molar-refractivity contribution in [2.24, 2.45) is 23.7 Å². The van der Waals surface area contributed by atoms with Crippen LogP contribution in [0.15, 0.2) is 0 Å². The zero-order valence-corrected chi connectivity index (χ0v) is 12.1. The maximum Gasteiger partial charge on any atom is 0.306 e. The van der Waals surface area contributed by atoms with Gasteiger partial charge in [0.1, 0.15) is 0 Å². The summed E-state index contributed by atoms with van der Waals surface area (Å²) in [6.07, 6.45) is 9.03. The molecular weight excluding hydrogens is 240 g/mol. The van der Waals surface area contributed by atoms with Gasteiger partial charge in [0.15, 0.2) is 0 Å². The van der Waals surface area contributed by atoms with Crippen LogP contribution in [-0.4, -0.2) is 24.3 Å². The summed E-state index contributed by atoms with van der Waals surface area (Å²) in [4.78, 5) is 11.4. The first-order valence-corrected chi connectivity index (χ1v) is 8.01. The van der Waals surface area contributed by atoms with Gasteiger partial charge in [-0.25, -0.2) is 0 Å². The van der Waals surface area contributed by atoms with Crippen LogP contribution in [0.2, 0.25) is 0 Å². The predicted octanol–water partition coefficient (Wildman–Crippen LogP) is 3.72. The van der Waals surface area contributed by atoms with Crippen LogP contribution in [0.5, 0.6) is 0 Å². The summed E-state index contributed by atoms with van der Waals surface area (Å²) in [7, 11) is 0. The van der Waals surface area contributed by atoms with Gasteiger partial charge in [-0.15, -0.1) is 0 Å². The molecule has 1 saturated heterocycles. The number of carbonyl (C=O) groups is 1. The molecule has 0 spiro atoms. The summed E-state index contributed by atoms with van der Waals surface area (Å²) >= 11 is 0. The number of carboxylic acids is 1. The van der Waals surface area contributed by atoms with E-state index in [1.807, 2.05) is 0 Å². The van der Waals surface area contributed by atoms with Crippen LogP contribution in [0.1, 0.15) is 58.3 Å². The molecule has 2 aliphatic rings. The standard InChI is InChI=1S/C16H28O3/c1-2-3-12-4-5-15(16(17)18)14(10-12)11-13-6-8-19-9-7-13/h12-15H,2-11H2,1H3,(H,17,18). The van der Waals surface area contributed by atoms with E-state index in [2.05, 4.69) is 6.92 Å². The smallest absolute Gasteiger partial charge is 0.306 e. The zero-order valence-electron chi connectivity index (χ0n) is 12.1. The molecule has 1 aliphatic carbocycles. The molecule has 1 N–H and O–H groups in total. The Morgan fingerprint density at radius 2 is 1.89 bits per heavy atom. The second-order valence-electron chi connectivity index (χ2n) is 6.46. The molecule has 0 aromatic rings. The van der Waals surface area contributed by atoms with Gasteiger partial charge in [0.2, 0.25) is 0 Å². The quantitative estimate of drug-likeness (QED) is 0.826. The molecule has 0 radical (unpaired) electrons. The van der Waals surface area contributed by atoms with E-state index in [1.165, 1.54) is 12.8 Å². The topological polar surface area (TPSA) is 46.5 Å². The Labute approximate surface area is 116 Å². The monoisotopic (exact) mass is 268 g/mol. The van der Waals surface area contributed by atoms with Gasteiger partial charge in [0.05, 0.1) is 5.92 Å². The Balaban J connectivity index is 1.92. The van der Waals surface area contributed by atoms with E-state index >= 15 is 0 Å². The number of hydrogen-bond acceptors (Lipinski definition) is 2. The maximum atomic E-state index is 11.4. The number of ether oxygens (including phenoxy) is 1. The van der Waals surface area contributed by atoms with Crippen molar-refractivity contribution in [2.75, 3.05) is 13.2 Å². The van der Waals surface area contributed by atoms with Crippen molar-refractivity contribution in [3.63, 3.8) is 0 Å². The van der Waals surface area contributed by atoms with Gasteiger partial charge in [0.25, 0.3) is 0 Å². The summed E-state index contributed by atoms with van der Waals surface area (Å²) in [5, 5.41) is 9.43. The average Bonchev–Trinajstić information content (AvgIpc) is 2.40. The van der Waals surface area contributed by atoms with Gasteiger partial charge in [-0.3, -0.25) is 4.79 Å². The van der Waals surface area contributed by atoms with Crippen LogP contribution in [0, 0.1) is 23.7 Å². The van der Waals surface area contributed by atoms with Gasteiger partial charge in [0, 0.05) is 13.2 Å². The molecule has 3 nitrogen and oxygen atoms in total. The molecule has 3 heteroatoms. The highest BCUT2D eigenvalue weighted by molar-refractivity contribution is 5.70. The van der Waals surface area contributed by atoms with E-state index in [4.69, 9.17) is 4.74 Å². The van der Waals surface area contributed by atoms with E-state index in [9.17, 15) is 9.90 Å². The fourth-order valence-corrected chi connectivity index (χ4v) is 4.03. The SMILES string of the molecule is CCCC1CCC(C(=O)O)C(CC2CCOCC2)C1. The van der Waals surface area contributed by atoms with E-state index in [0.717, 1.165) is 57.7 Å². The Bertz CT molecular complexity index is 284. The lowest BCUT2D eigenvalue weighted by Crippen LogP contribution is -2.33. The molecule has 1 heterocycles. The van der Waals surface area contributed by atoms with Gasteiger partial charge in [-0.05, 0) is 56.3 Å². The molecule has 0 bridgehead atoms. The largest absolute Gasteiger partial charge is 0.481 e. The lowest BCUT2D eigenvalue weighted by molar-refractivity contribution is -0.146. The minimum atomic E-state index is -0.563. The highest BCUT2D eigenvalue weighted by atomic mass is 16.5. The Hall–Kier alpha value is -0.570. The first-order chi connectivity index (χ1) is 9.20. The minimum absolute atomic E-state index is 0.0871. The minimum Gasteiger partial charge on any atom is -0.481 e. The summed E-state index contributed by atoms with van der Waals surface area (Å²) in [6, 6.07) is 0. The van der Waals surface area contributed by atoms with Gasteiger partial charge in [-0.2, -0.15) is 0 Å². The summed E-state index contributed by atoms with van der Waals surface area (Å²) in [5.41, 5.74) is 0. The van der Waals surface area contributed by atoms with Gasteiger partial charge >= 0.3 is 5.97 Å². The Morgan fingerprint density at radius 3 is 2.53 bits per heavy atom. The third-order valence-corrected chi connectivity index (χ3v) is 5.08. The highest BCUT2D eigenvalue weighted by Crippen LogP contribution is 2.40. The van der Waals surface area contributed by atoms with Crippen molar-refractivity contribution in [3.8, 4) is 0 Å². The van der Waals surface area contributed by atoms with Crippen molar-refractivity contribution in [2.45, 2.75) is 58.3 Å². The third-order valence-electron chi connectivity index (χ3n) is 5.08. The van der Waals surface area contributed by atoms with E-state index in [0.29, 0.717) is 11.8 Å². The Morgan fingerprint density at radius 1 is 1.16 bits per heavy atom. The molecule has 1 aliphatic heterocycles. The summed E-state index contributed by atoms with van der Waals surface area (Å²) in [6.45, 7) is 3.97. The van der Waals surface area contributed by atoms with Crippen LogP contribution in [0.4, 0.5) is 0 Å². The summed E-state index contributed by atoms with van der Waals surface area (Å²) in [5.74, 6) is 1.22. The van der Waals surface area contributed by atoms with E-state index in [-0.39, 0.29) is 5.92 Å². The van der Waals surface area contributed by atoms with Gasteiger partial charge < -0.3 is 9.84 Å². The van der Waals surface area contributed by atoms with Crippen LogP contribution in [0.3, 0.4) is 0 Å². The third kappa shape index (κ3) is 4.20. The molecule has 1 saturated carbocycles. The van der Waals surface area contributed by atoms with Crippen molar-refractivity contribution in [1.82, 2.24) is 0 Å². The first-order valence-electron chi connectivity index (χ1n) is 8.01. The van der Waals surface area contributed by atoms with Crippen LogP contribution in [0.25, 0.3) is 0 Å². The van der Waals surface area contributed by atoms with Crippen molar-refractivity contribution in [3.05, 3.63) is 0 Å². The Kier molecular flexibility index (Phi) is 5.68. The average molecular weight is 268 g/mol. The molecule has 0 aromatic carbocycles. The van der Waals surface area contributed by atoms with Crippen LogP contribution < -0.4 is 0 Å². The highest BCUT2D eigenvalue weighted by Gasteiger charge is 2.36. The fourth-order valence-electron chi connectivity index (χ4n) is 4.03. The second-order valence-corrected chi connectivity index (χ2v) is 6.46. The van der Waals surface area contributed by atoms with E-state index < -0.39 is 5.97 Å². The molecule has 0 amide bonds. The molecule has 2 rings (SSSR count). The lowest BCUT2D eigenvalue weighted by atomic mass is 9.69. The second kappa shape index (κ2) is 7.28. The molecular formula is C16H28O3. The normalized spacial score (nSPS) is 33.2. The molecule has 110 valence electrons. The number of hydrogen-bond donors (Lipinski definition) is 1. The van der Waals surface area contributed by atoms with Crippen molar-refractivity contribution < 1.29 is 14.6 Å². The molecule has 0 aromatic heterocycles. The predicted molar refractivity (Wildman–Crippen MR) is 75.0 cm³/mol. The molecule has 19 heavy (non-hydrogen) atoms. The number of carboxylic acid groups (broad SMARTS) is 1. The van der Waals surface area contributed by atoms with Crippen LogP contribution in [-0.2, 0) is 9.53 Å².